The van der Waals surface area contributed by atoms with Gasteiger partial charge in [0.2, 0.25) is 0 Å². The maximum Gasteiger partial charge on any atom is 0.338 e. The summed E-state index contributed by atoms with van der Waals surface area (Å²) in [4.78, 5) is 19.8. The van der Waals surface area contributed by atoms with E-state index in [1.807, 2.05) is 6.92 Å². The number of carbonyl (C=O) groups is 1. The van der Waals surface area contributed by atoms with E-state index >= 15 is 0 Å². The van der Waals surface area contributed by atoms with Crippen LogP contribution in [-0.2, 0) is 9.53 Å². The topological polar surface area (TPSA) is 110 Å². The van der Waals surface area contributed by atoms with Crippen LogP contribution in [0.15, 0.2) is 45.2 Å². The zero-order valence-corrected chi connectivity index (χ0v) is 18.2. The molecule has 0 spiro atoms. The minimum atomic E-state index is -0.665. The van der Waals surface area contributed by atoms with Crippen molar-refractivity contribution in [3.63, 3.8) is 0 Å². The number of methoxy groups -OCH3 is 2. The molecule has 0 saturated carbocycles. The van der Waals surface area contributed by atoms with E-state index in [-0.39, 0.29) is 12.4 Å². The van der Waals surface area contributed by atoms with Gasteiger partial charge in [0.15, 0.2) is 5.17 Å². The van der Waals surface area contributed by atoms with E-state index in [1.54, 1.807) is 44.2 Å². The van der Waals surface area contributed by atoms with Gasteiger partial charge >= 0.3 is 5.97 Å². The maximum absolute atomic E-state index is 13.1. The Morgan fingerprint density at radius 2 is 2.10 bits per heavy atom. The summed E-state index contributed by atoms with van der Waals surface area (Å²) in [5.41, 5.74) is 8.00. The molecule has 0 bridgehead atoms. The molecule has 3 rings (SSSR count). The van der Waals surface area contributed by atoms with E-state index in [1.165, 1.54) is 11.8 Å². The van der Waals surface area contributed by atoms with Crippen molar-refractivity contribution in [2.45, 2.75) is 32.7 Å². The van der Waals surface area contributed by atoms with Crippen LogP contribution < -0.4 is 15.2 Å². The molecule has 1 aromatic carbocycles. The second-order valence-electron chi connectivity index (χ2n) is 6.53. The van der Waals surface area contributed by atoms with Gasteiger partial charge < -0.3 is 19.9 Å². The number of thioether (sulfide) groups is 1. The van der Waals surface area contributed by atoms with Gasteiger partial charge in [-0.2, -0.15) is 5.26 Å². The van der Waals surface area contributed by atoms with Crippen molar-refractivity contribution in [2.75, 3.05) is 20.8 Å². The summed E-state index contributed by atoms with van der Waals surface area (Å²) in [5.74, 6) is 0.934. The molecule has 8 nitrogen and oxygen atoms in total. The van der Waals surface area contributed by atoms with Crippen molar-refractivity contribution in [1.29, 1.82) is 5.26 Å². The number of carbonyl (C=O) groups excluding carboxylic acids is 1. The third kappa shape index (κ3) is 3.71. The lowest BCUT2D eigenvalue weighted by Crippen LogP contribution is -2.39. The zero-order chi connectivity index (χ0) is 21.8. The quantitative estimate of drug-likeness (QED) is 0.658. The summed E-state index contributed by atoms with van der Waals surface area (Å²) in [6.45, 7) is 3.99. The lowest BCUT2D eigenvalue weighted by Gasteiger charge is -2.36. The van der Waals surface area contributed by atoms with E-state index in [0.717, 1.165) is 6.42 Å². The van der Waals surface area contributed by atoms with Gasteiger partial charge in [0.1, 0.15) is 34.3 Å². The summed E-state index contributed by atoms with van der Waals surface area (Å²) < 4.78 is 16.4. The molecule has 2 N–H and O–H groups in total. The Balaban J connectivity index is 2.31. The third-order valence-electron chi connectivity index (χ3n) is 4.78. The van der Waals surface area contributed by atoms with Crippen LogP contribution in [-0.4, -0.2) is 36.9 Å². The minimum Gasteiger partial charge on any atom is -0.497 e. The predicted molar refractivity (Wildman–Crippen MR) is 115 cm³/mol. The number of hydrogen-bond donors (Lipinski definition) is 1. The van der Waals surface area contributed by atoms with Crippen LogP contribution in [0.4, 0.5) is 0 Å². The highest BCUT2D eigenvalue weighted by Gasteiger charge is 2.44. The van der Waals surface area contributed by atoms with Crippen LogP contribution in [0.1, 0.15) is 38.3 Å². The van der Waals surface area contributed by atoms with Crippen LogP contribution in [0.3, 0.4) is 0 Å². The van der Waals surface area contributed by atoms with Crippen molar-refractivity contribution < 1.29 is 19.0 Å². The summed E-state index contributed by atoms with van der Waals surface area (Å²) in [7, 11) is 3.13. The van der Waals surface area contributed by atoms with E-state index < -0.39 is 12.0 Å². The largest absolute Gasteiger partial charge is 0.497 e. The number of nitrogens with zero attached hydrogens (tertiary/aromatic N) is 3. The molecular weight excluding hydrogens is 404 g/mol. The Kier molecular flexibility index (Phi) is 6.57. The molecule has 1 atom stereocenters. The van der Waals surface area contributed by atoms with Gasteiger partial charge in [0, 0.05) is 5.56 Å². The fourth-order valence-electron chi connectivity index (χ4n) is 3.49. The molecule has 30 heavy (non-hydrogen) atoms. The number of aliphatic imine (C=N–C) groups is 1. The average molecular weight is 429 g/mol. The number of nitrogens with two attached hydrogens (primary N) is 1. The Morgan fingerprint density at radius 3 is 2.70 bits per heavy atom. The standard InChI is InChI=1S/C21H24N4O4S/c1-5-7-14-17(20(26)29-6-2)18(13-10-12(27-3)8-9-15(13)28-4)25-19(23)16(11-22)30-21(25)24-14/h8-10,18H,5-7,23H2,1-4H3. The SMILES string of the molecule is CCCC1=C(C(=O)OCC)C(c2cc(OC)ccc2OC)N2C(=N1)SC(C#N)=C2N. The zero-order valence-electron chi connectivity index (χ0n) is 17.4. The molecule has 9 heteroatoms. The Labute approximate surface area is 180 Å². The summed E-state index contributed by atoms with van der Waals surface area (Å²) in [6.07, 6.45) is 1.37. The highest BCUT2D eigenvalue weighted by Crippen LogP contribution is 2.48. The Bertz CT molecular complexity index is 993. The number of fused-ring (bicyclic) bond motifs is 1. The normalized spacial score (nSPS) is 18.0. The number of esters is 1. The lowest BCUT2D eigenvalue weighted by atomic mass is 9.92. The third-order valence-corrected chi connectivity index (χ3v) is 5.76. The van der Waals surface area contributed by atoms with Crippen LogP contribution >= 0.6 is 11.8 Å². The molecule has 1 unspecified atom stereocenters. The van der Waals surface area contributed by atoms with E-state index in [4.69, 9.17) is 19.9 Å². The molecular formula is C21H24N4O4S. The minimum absolute atomic E-state index is 0.226. The first-order chi connectivity index (χ1) is 14.5. The van der Waals surface area contributed by atoms with Gasteiger partial charge in [-0.3, -0.25) is 4.90 Å². The van der Waals surface area contributed by atoms with E-state index in [9.17, 15) is 10.1 Å². The number of hydrogen-bond acceptors (Lipinski definition) is 9. The van der Waals surface area contributed by atoms with E-state index in [0.29, 0.717) is 44.8 Å². The van der Waals surface area contributed by atoms with Crippen molar-refractivity contribution in [2.24, 2.45) is 10.7 Å². The van der Waals surface area contributed by atoms with Crippen LogP contribution in [0.25, 0.3) is 0 Å². The van der Waals surface area contributed by atoms with Crippen molar-refractivity contribution >= 4 is 22.9 Å². The first-order valence-corrected chi connectivity index (χ1v) is 10.4. The van der Waals surface area contributed by atoms with Gasteiger partial charge in [0.25, 0.3) is 0 Å². The fraction of sp³-hybridized carbons (Fsp3) is 0.381. The second kappa shape index (κ2) is 9.13. The van der Waals surface area contributed by atoms with Crippen LogP contribution in [0, 0.1) is 11.3 Å². The first-order valence-electron chi connectivity index (χ1n) is 9.58. The fourth-order valence-corrected chi connectivity index (χ4v) is 4.38. The van der Waals surface area contributed by atoms with Crippen molar-refractivity contribution in [3.05, 3.63) is 45.8 Å². The average Bonchev–Trinajstić information content (AvgIpc) is 3.07. The van der Waals surface area contributed by atoms with Gasteiger partial charge in [0.05, 0.1) is 32.1 Å². The predicted octanol–water partition coefficient (Wildman–Crippen LogP) is 3.43. The molecule has 0 amide bonds. The van der Waals surface area contributed by atoms with Crippen molar-refractivity contribution in [3.8, 4) is 17.6 Å². The molecule has 0 radical (unpaired) electrons. The number of benzene rings is 1. The van der Waals surface area contributed by atoms with Crippen LogP contribution in [0.5, 0.6) is 11.5 Å². The number of nitriles is 1. The number of amidine groups is 1. The number of rotatable bonds is 7. The molecule has 158 valence electrons. The summed E-state index contributed by atoms with van der Waals surface area (Å²) >= 11 is 1.19. The highest BCUT2D eigenvalue weighted by molar-refractivity contribution is 8.17. The molecule has 2 aliphatic rings. The molecule has 0 aliphatic carbocycles. The molecule has 1 aromatic rings. The Hall–Kier alpha value is -3.12. The Morgan fingerprint density at radius 1 is 1.33 bits per heavy atom. The number of allylic oxidation sites excluding steroid dienone is 2. The molecule has 0 saturated heterocycles. The van der Waals surface area contributed by atoms with Gasteiger partial charge in [-0.05, 0) is 43.3 Å². The highest BCUT2D eigenvalue weighted by atomic mass is 32.2. The number of ether oxygens (including phenoxy) is 3. The van der Waals surface area contributed by atoms with Crippen molar-refractivity contribution in [1.82, 2.24) is 4.90 Å². The lowest BCUT2D eigenvalue weighted by molar-refractivity contribution is -0.139. The maximum atomic E-state index is 13.1. The molecule has 2 aliphatic heterocycles. The monoisotopic (exact) mass is 428 g/mol. The van der Waals surface area contributed by atoms with Gasteiger partial charge in [-0.15, -0.1) is 0 Å². The second-order valence-corrected chi connectivity index (χ2v) is 7.51. The molecule has 0 fully saturated rings. The first kappa shape index (κ1) is 21.6. The summed E-state index contributed by atoms with van der Waals surface area (Å²) in [5, 5.41) is 10.1. The smallest absolute Gasteiger partial charge is 0.338 e. The van der Waals surface area contributed by atoms with E-state index in [2.05, 4.69) is 11.1 Å². The van der Waals surface area contributed by atoms with Gasteiger partial charge in [-0.25, -0.2) is 9.79 Å². The van der Waals surface area contributed by atoms with Crippen LogP contribution in [0.2, 0.25) is 0 Å². The van der Waals surface area contributed by atoms with Gasteiger partial charge in [-0.1, -0.05) is 13.3 Å². The molecule has 0 aromatic heterocycles. The molecule has 2 heterocycles. The summed E-state index contributed by atoms with van der Waals surface area (Å²) in [6, 6.07) is 6.80.